The molecular weight excluding hydrogens is 232 g/mol. The topological polar surface area (TPSA) is 34.0 Å². The average Bonchev–Trinajstić information content (AvgIpc) is 2.68. The highest BCUT2D eigenvalue weighted by Crippen LogP contribution is 2.27. The van der Waals surface area contributed by atoms with E-state index in [1.165, 1.54) is 0 Å². The average molecular weight is 248 g/mol. The zero-order valence-electron chi connectivity index (χ0n) is 9.85. The first-order valence-electron chi connectivity index (χ1n) is 6.08. The van der Waals surface area contributed by atoms with E-state index in [4.69, 9.17) is 0 Å². The Kier molecular flexibility index (Phi) is 2.76. The molecule has 0 amide bonds. The first-order chi connectivity index (χ1) is 8.27. The number of nitrogens with zero attached hydrogens (tertiary/aromatic N) is 1. The fourth-order valence-corrected chi connectivity index (χ4v) is 3.70. The number of rotatable bonds is 1. The molecule has 2 atom stereocenters. The Morgan fingerprint density at radius 3 is 3.00 bits per heavy atom. The van der Waals surface area contributed by atoms with Gasteiger partial charge in [-0.05, 0) is 31.0 Å². The molecular formula is C13H16N2OS. The Hall–Kier alpha value is -1.13. The second-order valence-electron chi connectivity index (χ2n) is 4.76. The van der Waals surface area contributed by atoms with Gasteiger partial charge in [-0.1, -0.05) is 30.6 Å². The molecule has 1 aromatic carbocycles. The lowest BCUT2D eigenvalue weighted by atomic mass is 9.95. The van der Waals surface area contributed by atoms with E-state index in [9.17, 15) is 4.79 Å². The van der Waals surface area contributed by atoms with Gasteiger partial charge in [-0.15, -0.1) is 0 Å². The molecule has 0 bridgehead atoms. The highest BCUT2D eigenvalue weighted by molar-refractivity contribution is 7.13. The third-order valence-corrected chi connectivity index (χ3v) is 4.79. The van der Waals surface area contributed by atoms with Gasteiger partial charge in [-0.25, -0.2) is 0 Å². The minimum Gasteiger partial charge on any atom is -0.315 e. The number of benzene rings is 1. The molecule has 3 rings (SSSR count). The summed E-state index contributed by atoms with van der Waals surface area (Å²) < 4.78 is 3.05. The predicted octanol–water partition coefficient (Wildman–Crippen LogP) is 2.23. The van der Waals surface area contributed by atoms with E-state index in [1.807, 2.05) is 28.2 Å². The molecule has 17 heavy (non-hydrogen) atoms. The van der Waals surface area contributed by atoms with E-state index in [-0.39, 0.29) is 5.56 Å². The van der Waals surface area contributed by atoms with Crippen LogP contribution in [0.4, 0.5) is 0 Å². The van der Waals surface area contributed by atoms with Crippen molar-refractivity contribution >= 4 is 21.6 Å². The molecule has 0 aliphatic carbocycles. The Morgan fingerprint density at radius 2 is 2.24 bits per heavy atom. The Morgan fingerprint density at radius 1 is 1.41 bits per heavy atom. The summed E-state index contributed by atoms with van der Waals surface area (Å²) in [5.74, 6) is 0.571. The number of aromatic nitrogens is 1. The standard InChI is InChI=1S/C13H16N2OS/c1-9-6-7-14-8-11(9)15-13(16)10-4-2-3-5-12(10)17-15/h2-5,9,11,14H,6-8H2,1H3. The van der Waals surface area contributed by atoms with Gasteiger partial charge >= 0.3 is 0 Å². The van der Waals surface area contributed by atoms with Crippen molar-refractivity contribution in [2.24, 2.45) is 5.92 Å². The molecule has 0 radical (unpaired) electrons. The van der Waals surface area contributed by atoms with Crippen LogP contribution in [0.3, 0.4) is 0 Å². The van der Waals surface area contributed by atoms with E-state index < -0.39 is 0 Å². The van der Waals surface area contributed by atoms with Gasteiger partial charge in [0, 0.05) is 6.54 Å². The van der Waals surface area contributed by atoms with Crippen LogP contribution >= 0.6 is 11.5 Å². The lowest BCUT2D eigenvalue weighted by Crippen LogP contribution is -2.39. The molecule has 0 saturated carbocycles. The molecule has 1 aliphatic heterocycles. The third kappa shape index (κ3) is 1.81. The minimum absolute atomic E-state index is 0.172. The van der Waals surface area contributed by atoms with Crippen LogP contribution in [0.5, 0.6) is 0 Å². The molecule has 0 spiro atoms. The van der Waals surface area contributed by atoms with Crippen LogP contribution in [-0.4, -0.2) is 17.0 Å². The first kappa shape index (κ1) is 11.0. The van der Waals surface area contributed by atoms with Crippen molar-refractivity contribution in [2.75, 3.05) is 13.1 Å². The van der Waals surface area contributed by atoms with Gasteiger partial charge < -0.3 is 5.32 Å². The number of piperidine rings is 1. The third-order valence-electron chi connectivity index (χ3n) is 3.60. The highest BCUT2D eigenvalue weighted by atomic mass is 32.1. The molecule has 2 heterocycles. The van der Waals surface area contributed by atoms with Crippen molar-refractivity contribution in [1.82, 2.24) is 9.27 Å². The van der Waals surface area contributed by atoms with Crippen molar-refractivity contribution in [3.63, 3.8) is 0 Å². The van der Waals surface area contributed by atoms with Crippen molar-refractivity contribution in [3.8, 4) is 0 Å². The number of hydrogen-bond acceptors (Lipinski definition) is 3. The van der Waals surface area contributed by atoms with Gasteiger partial charge in [0.25, 0.3) is 5.56 Å². The monoisotopic (exact) mass is 248 g/mol. The number of fused-ring (bicyclic) bond motifs is 1. The molecule has 4 heteroatoms. The summed E-state index contributed by atoms with van der Waals surface area (Å²) in [6.07, 6.45) is 1.14. The summed E-state index contributed by atoms with van der Waals surface area (Å²) in [6, 6.07) is 8.19. The normalized spacial score (nSPS) is 25.2. The maximum atomic E-state index is 12.3. The van der Waals surface area contributed by atoms with Crippen molar-refractivity contribution in [3.05, 3.63) is 34.6 Å². The molecule has 3 nitrogen and oxygen atoms in total. The molecule has 1 aliphatic rings. The van der Waals surface area contributed by atoms with E-state index in [0.717, 1.165) is 29.6 Å². The fourth-order valence-electron chi connectivity index (χ4n) is 2.49. The quantitative estimate of drug-likeness (QED) is 0.839. The van der Waals surface area contributed by atoms with Crippen LogP contribution < -0.4 is 10.9 Å². The smallest absolute Gasteiger partial charge is 0.268 e. The van der Waals surface area contributed by atoms with Crippen LogP contribution in [0, 0.1) is 5.92 Å². The van der Waals surface area contributed by atoms with Gasteiger partial charge in [0.1, 0.15) is 0 Å². The fraction of sp³-hybridized carbons (Fsp3) is 0.462. The van der Waals surface area contributed by atoms with Gasteiger partial charge in [0.2, 0.25) is 0 Å². The summed E-state index contributed by atoms with van der Waals surface area (Å²) in [5, 5.41) is 4.24. The van der Waals surface area contributed by atoms with E-state index in [1.54, 1.807) is 11.5 Å². The summed E-state index contributed by atoms with van der Waals surface area (Å²) >= 11 is 1.60. The van der Waals surface area contributed by atoms with E-state index in [0.29, 0.717) is 12.0 Å². The SMILES string of the molecule is CC1CCNCC1n1sc2ccccc2c1=O. The van der Waals surface area contributed by atoms with Crippen molar-refractivity contribution in [1.29, 1.82) is 0 Å². The molecule has 1 saturated heterocycles. The van der Waals surface area contributed by atoms with Gasteiger partial charge in [0.15, 0.2) is 0 Å². The summed E-state index contributed by atoms with van der Waals surface area (Å²) in [5.41, 5.74) is 0.172. The van der Waals surface area contributed by atoms with Gasteiger partial charge in [-0.2, -0.15) is 0 Å². The second-order valence-corrected chi connectivity index (χ2v) is 5.77. The second kappa shape index (κ2) is 4.27. The first-order valence-corrected chi connectivity index (χ1v) is 6.86. The summed E-state index contributed by atoms with van der Waals surface area (Å²) in [7, 11) is 0. The summed E-state index contributed by atoms with van der Waals surface area (Å²) in [6.45, 7) is 4.22. The molecule has 1 aromatic heterocycles. The molecule has 1 N–H and O–H groups in total. The zero-order valence-corrected chi connectivity index (χ0v) is 10.7. The lowest BCUT2D eigenvalue weighted by Gasteiger charge is -2.29. The van der Waals surface area contributed by atoms with Crippen LogP contribution in [0.2, 0.25) is 0 Å². The maximum Gasteiger partial charge on any atom is 0.268 e. The number of nitrogens with one attached hydrogen (secondary N) is 1. The molecule has 90 valence electrons. The van der Waals surface area contributed by atoms with Crippen LogP contribution in [-0.2, 0) is 0 Å². The van der Waals surface area contributed by atoms with Crippen molar-refractivity contribution < 1.29 is 0 Å². The summed E-state index contributed by atoms with van der Waals surface area (Å²) in [4.78, 5) is 12.3. The minimum atomic E-state index is 0.172. The largest absolute Gasteiger partial charge is 0.315 e. The van der Waals surface area contributed by atoms with Crippen LogP contribution in [0.1, 0.15) is 19.4 Å². The zero-order chi connectivity index (χ0) is 11.8. The maximum absolute atomic E-state index is 12.3. The Balaban J connectivity index is 2.11. The predicted molar refractivity (Wildman–Crippen MR) is 71.8 cm³/mol. The van der Waals surface area contributed by atoms with Gasteiger partial charge in [0.05, 0.1) is 16.1 Å². The van der Waals surface area contributed by atoms with Crippen LogP contribution in [0.15, 0.2) is 29.1 Å². The van der Waals surface area contributed by atoms with Crippen molar-refractivity contribution in [2.45, 2.75) is 19.4 Å². The van der Waals surface area contributed by atoms with E-state index in [2.05, 4.69) is 12.2 Å². The highest BCUT2D eigenvalue weighted by Gasteiger charge is 2.25. The molecule has 2 unspecified atom stereocenters. The lowest BCUT2D eigenvalue weighted by molar-refractivity contribution is 0.284. The van der Waals surface area contributed by atoms with E-state index >= 15 is 0 Å². The Bertz CT molecular complexity index is 586. The number of hydrogen-bond donors (Lipinski definition) is 1. The van der Waals surface area contributed by atoms with Gasteiger partial charge in [-0.3, -0.25) is 8.75 Å². The molecule has 2 aromatic rings. The molecule has 1 fully saturated rings. The Labute approximate surface area is 104 Å². The van der Waals surface area contributed by atoms with Crippen LogP contribution in [0.25, 0.3) is 10.1 Å².